The Hall–Kier alpha value is -2.84. The van der Waals surface area contributed by atoms with Gasteiger partial charge in [-0.1, -0.05) is 94.0 Å². The first-order valence-electron chi connectivity index (χ1n) is 12.3. The minimum absolute atomic E-state index is 0. The van der Waals surface area contributed by atoms with E-state index in [1.54, 1.807) is 0 Å². The van der Waals surface area contributed by atoms with Crippen LogP contribution in [0, 0.1) is 56.4 Å². The minimum Gasteiger partial charge on any atom is -0.682 e. The summed E-state index contributed by atoms with van der Waals surface area (Å²) in [6.45, 7) is 14.3. The third kappa shape index (κ3) is 7.84. The average molecular weight is 583 g/mol. The smallest absolute Gasteiger partial charge is 0.682 e. The maximum Gasteiger partial charge on any atom is 4.00 e. The zero-order chi connectivity index (χ0) is 24.9. The van der Waals surface area contributed by atoms with Crippen molar-refractivity contribution in [2.75, 3.05) is 18.0 Å². The van der Waals surface area contributed by atoms with E-state index < -0.39 is 0 Å². The summed E-state index contributed by atoms with van der Waals surface area (Å²) < 4.78 is 0. The Morgan fingerprint density at radius 1 is 0.605 bits per heavy atom. The van der Waals surface area contributed by atoms with Crippen molar-refractivity contribution < 1.29 is 26.2 Å². The molecule has 0 saturated heterocycles. The van der Waals surface area contributed by atoms with E-state index in [1.165, 1.54) is 33.4 Å². The molecule has 0 spiro atoms. The molecule has 0 bridgehead atoms. The SMILES string of the molecule is Cc1cc(C)c([N-]CCN(c2ccccc2)c2ccccc2[N-]c2c(C)cc(C)cc2C)c(C)c1.[CH3-].[CH3-].[Zr+4]. The van der Waals surface area contributed by atoms with Gasteiger partial charge >= 0.3 is 26.2 Å². The number of aryl methyl sites for hydroxylation is 6. The van der Waals surface area contributed by atoms with Gasteiger partial charge < -0.3 is 30.4 Å². The van der Waals surface area contributed by atoms with Crippen LogP contribution in [-0.2, 0) is 26.2 Å². The number of rotatable bonds is 8. The standard InChI is InChI=1S/C32H35N3.2CH3.Zr/c1-22-18-24(3)31(25(4)19-22)33-16-17-35(28-12-8-7-9-13-28)30-15-11-10-14-29(30)34-32-26(5)20-23(2)21-27(32)6;;;/h7-15,18-21H,16-17H2,1-6H3;2*1H3;/q-2;2*-1;+4. The van der Waals surface area contributed by atoms with Gasteiger partial charge in [0, 0.05) is 17.9 Å². The molecular formula is C34H41N3Zr. The van der Waals surface area contributed by atoms with Gasteiger partial charge in [-0.2, -0.15) is 0 Å². The second-order valence-corrected chi connectivity index (χ2v) is 9.46. The molecule has 196 valence electrons. The van der Waals surface area contributed by atoms with Crippen molar-refractivity contribution in [1.82, 2.24) is 0 Å². The Bertz CT molecular complexity index is 1270. The van der Waals surface area contributed by atoms with Crippen molar-refractivity contribution in [3.63, 3.8) is 0 Å². The fourth-order valence-electron chi connectivity index (χ4n) is 4.94. The predicted molar refractivity (Wildman–Crippen MR) is 165 cm³/mol. The van der Waals surface area contributed by atoms with Crippen LogP contribution in [-0.4, -0.2) is 13.1 Å². The molecule has 0 aliphatic carbocycles. The quantitative estimate of drug-likeness (QED) is 0.190. The van der Waals surface area contributed by atoms with E-state index in [4.69, 9.17) is 10.6 Å². The molecule has 4 aromatic carbocycles. The summed E-state index contributed by atoms with van der Waals surface area (Å²) in [6.07, 6.45) is 0. The summed E-state index contributed by atoms with van der Waals surface area (Å²) in [4.78, 5) is 2.33. The molecule has 4 heteroatoms. The number of benzene rings is 4. The maximum absolute atomic E-state index is 5.16. The van der Waals surface area contributed by atoms with E-state index >= 15 is 0 Å². The Kier molecular flexibility index (Phi) is 13.0. The van der Waals surface area contributed by atoms with Crippen LogP contribution >= 0.6 is 0 Å². The molecule has 0 amide bonds. The van der Waals surface area contributed by atoms with Crippen molar-refractivity contribution in [2.24, 2.45) is 0 Å². The molecule has 38 heavy (non-hydrogen) atoms. The number of para-hydroxylation sites is 3. The Balaban J connectivity index is 0.00000241. The molecule has 0 aliphatic rings. The average Bonchev–Trinajstić information content (AvgIpc) is 2.81. The normalized spacial score (nSPS) is 9.95. The third-order valence-corrected chi connectivity index (χ3v) is 6.34. The summed E-state index contributed by atoms with van der Waals surface area (Å²) >= 11 is 0. The van der Waals surface area contributed by atoms with Crippen LogP contribution in [0.4, 0.5) is 28.4 Å². The summed E-state index contributed by atoms with van der Waals surface area (Å²) in [5, 5.41) is 10.2. The number of anilines is 2. The topological polar surface area (TPSA) is 31.4 Å². The summed E-state index contributed by atoms with van der Waals surface area (Å²) in [6, 6.07) is 27.8. The van der Waals surface area contributed by atoms with E-state index in [2.05, 4.69) is 125 Å². The van der Waals surface area contributed by atoms with Crippen molar-refractivity contribution in [3.8, 4) is 0 Å². The predicted octanol–water partition coefficient (Wildman–Crippen LogP) is 10.6. The van der Waals surface area contributed by atoms with Gasteiger partial charge in [-0.05, 0) is 59.7 Å². The molecule has 0 saturated carbocycles. The molecule has 0 unspecified atom stereocenters. The van der Waals surface area contributed by atoms with E-state index in [1.807, 2.05) is 0 Å². The van der Waals surface area contributed by atoms with E-state index in [9.17, 15) is 0 Å². The van der Waals surface area contributed by atoms with Crippen LogP contribution in [0.3, 0.4) is 0 Å². The number of hydrogen-bond donors (Lipinski definition) is 0. The van der Waals surface area contributed by atoms with Crippen molar-refractivity contribution in [2.45, 2.75) is 41.5 Å². The zero-order valence-corrected chi connectivity index (χ0v) is 26.7. The third-order valence-electron chi connectivity index (χ3n) is 6.34. The molecule has 0 radical (unpaired) electrons. The van der Waals surface area contributed by atoms with Crippen LogP contribution < -0.4 is 4.90 Å². The monoisotopic (exact) mass is 581 g/mol. The van der Waals surface area contributed by atoms with Crippen molar-refractivity contribution >= 4 is 28.4 Å². The summed E-state index contributed by atoms with van der Waals surface area (Å²) in [7, 11) is 0. The summed E-state index contributed by atoms with van der Waals surface area (Å²) in [5.74, 6) is 0. The van der Waals surface area contributed by atoms with Gasteiger partial charge in [-0.15, -0.1) is 23.6 Å². The molecule has 3 nitrogen and oxygen atoms in total. The molecule has 0 fully saturated rings. The van der Waals surface area contributed by atoms with Crippen LogP contribution in [0.25, 0.3) is 10.6 Å². The fourth-order valence-corrected chi connectivity index (χ4v) is 4.94. The van der Waals surface area contributed by atoms with Gasteiger partial charge in [0.25, 0.3) is 0 Å². The summed E-state index contributed by atoms with van der Waals surface area (Å²) in [5.41, 5.74) is 12.7. The second-order valence-electron chi connectivity index (χ2n) is 9.46. The second kappa shape index (κ2) is 14.9. The Morgan fingerprint density at radius 3 is 1.63 bits per heavy atom. The van der Waals surface area contributed by atoms with Crippen LogP contribution in [0.1, 0.15) is 33.4 Å². The molecule has 0 atom stereocenters. The molecule has 0 aliphatic heterocycles. The largest absolute Gasteiger partial charge is 4.00 e. The molecule has 0 heterocycles. The first kappa shape index (κ1) is 33.2. The molecule has 4 aromatic rings. The minimum atomic E-state index is 0. The maximum atomic E-state index is 5.16. The van der Waals surface area contributed by atoms with E-state index in [0.717, 1.165) is 35.0 Å². The van der Waals surface area contributed by atoms with Crippen LogP contribution in [0.15, 0.2) is 78.9 Å². The van der Waals surface area contributed by atoms with Crippen LogP contribution in [0.5, 0.6) is 0 Å². The molecular weight excluding hydrogens is 542 g/mol. The molecule has 4 rings (SSSR count). The van der Waals surface area contributed by atoms with Crippen molar-refractivity contribution in [1.29, 1.82) is 0 Å². The zero-order valence-electron chi connectivity index (χ0n) is 24.3. The van der Waals surface area contributed by atoms with Crippen LogP contribution in [0.2, 0.25) is 0 Å². The molecule has 0 aromatic heterocycles. The first-order valence-corrected chi connectivity index (χ1v) is 12.3. The Morgan fingerprint density at radius 2 is 1.08 bits per heavy atom. The van der Waals surface area contributed by atoms with Crippen molar-refractivity contribution in [3.05, 3.63) is 138 Å². The number of hydrogen-bond acceptors (Lipinski definition) is 1. The van der Waals surface area contributed by atoms with E-state index in [0.29, 0.717) is 6.54 Å². The number of nitrogens with zero attached hydrogens (tertiary/aromatic N) is 3. The first-order chi connectivity index (χ1) is 16.8. The fraction of sp³-hybridized carbons (Fsp3) is 0.235. The van der Waals surface area contributed by atoms with Gasteiger partial charge in [-0.25, -0.2) is 0 Å². The van der Waals surface area contributed by atoms with Gasteiger partial charge in [0.1, 0.15) is 0 Å². The molecule has 0 N–H and O–H groups in total. The van der Waals surface area contributed by atoms with Gasteiger partial charge in [0.15, 0.2) is 0 Å². The van der Waals surface area contributed by atoms with Gasteiger partial charge in [-0.3, -0.25) is 0 Å². The van der Waals surface area contributed by atoms with E-state index in [-0.39, 0.29) is 41.1 Å². The van der Waals surface area contributed by atoms with Gasteiger partial charge in [0.05, 0.1) is 0 Å². The Labute approximate surface area is 250 Å². The van der Waals surface area contributed by atoms with Gasteiger partial charge in [0.2, 0.25) is 0 Å².